The molecule has 0 saturated heterocycles. The molecular weight excluding hydrogens is 558 g/mol. The van der Waals surface area contributed by atoms with Crippen molar-refractivity contribution in [3.05, 3.63) is 59.7 Å². The van der Waals surface area contributed by atoms with Gasteiger partial charge in [-0.1, -0.05) is 51.0 Å². The van der Waals surface area contributed by atoms with Gasteiger partial charge >= 0.3 is 24.2 Å². The number of carbonyl (C=O) groups excluding carboxylic acids is 4. The summed E-state index contributed by atoms with van der Waals surface area (Å²) in [5, 5.41) is 0. The summed E-state index contributed by atoms with van der Waals surface area (Å²) >= 11 is 0. The zero-order valence-electron chi connectivity index (χ0n) is 25.8. The molecule has 0 amide bonds. The van der Waals surface area contributed by atoms with E-state index in [1.54, 1.807) is 57.2 Å². The Morgan fingerprint density at radius 1 is 0.767 bits per heavy atom. The zero-order chi connectivity index (χ0) is 32.0. The Morgan fingerprint density at radius 2 is 1.33 bits per heavy atom. The Bertz CT molecular complexity index is 1220. The molecule has 2 rings (SSSR count). The van der Waals surface area contributed by atoms with E-state index in [0.717, 1.165) is 12.8 Å². The van der Waals surface area contributed by atoms with Crippen LogP contribution in [0.3, 0.4) is 0 Å². The third-order valence-corrected chi connectivity index (χ3v) is 6.46. The number of rotatable bonds is 15. The molecule has 236 valence electrons. The predicted molar refractivity (Wildman–Crippen MR) is 158 cm³/mol. The second kappa shape index (κ2) is 17.1. The molecule has 0 radical (unpaired) electrons. The van der Waals surface area contributed by atoms with E-state index in [1.165, 1.54) is 19.2 Å². The molecular formula is C32H43NO10. The summed E-state index contributed by atoms with van der Waals surface area (Å²) in [6.07, 6.45) is -0.801. The third-order valence-electron chi connectivity index (χ3n) is 6.46. The molecule has 43 heavy (non-hydrogen) atoms. The molecule has 0 aliphatic heterocycles. The highest BCUT2D eigenvalue weighted by atomic mass is 16.7. The molecule has 4 atom stereocenters. The summed E-state index contributed by atoms with van der Waals surface area (Å²) < 4.78 is 31.8. The van der Waals surface area contributed by atoms with Crippen LogP contribution in [0.25, 0.3) is 0 Å². The molecule has 11 nitrogen and oxygen atoms in total. The predicted octanol–water partition coefficient (Wildman–Crippen LogP) is 6.14. The van der Waals surface area contributed by atoms with Crippen LogP contribution in [0.15, 0.2) is 48.5 Å². The molecule has 2 unspecified atom stereocenters. The van der Waals surface area contributed by atoms with E-state index in [1.807, 2.05) is 13.8 Å². The number of carbonyl (C=O) groups is 4. The van der Waals surface area contributed by atoms with Crippen molar-refractivity contribution >= 4 is 24.2 Å². The van der Waals surface area contributed by atoms with Crippen molar-refractivity contribution in [1.82, 2.24) is 0 Å². The molecule has 0 aromatic heterocycles. The van der Waals surface area contributed by atoms with Gasteiger partial charge in [0.25, 0.3) is 0 Å². The van der Waals surface area contributed by atoms with Crippen molar-refractivity contribution < 1.29 is 47.6 Å². The number of nitrogens with two attached hydrogens (primary N) is 1. The van der Waals surface area contributed by atoms with Gasteiger partial charge in [-0.25, -0.2) is 14.4 Å². The standard InChI is InChI=1S/C32H43NO10/c1-7-12-21(3)40-30(36)42-26-17-16-24(18-27(26)43-31(37)41-22(4)13-8-2)20-32(33,29(35)38-6)19-23(5)39-28(34)25-14-10-9-11-15-25/h9-11,14-18,21-23H,7-8,12-13,19-20,33H2,1-6H3/t21-,22?,23?,32+/m0/s1. The highest BCUT2D eigenvalue weighted by molar-refractivity contribution is 5.89. The normalized spacial score (nSPS) is 14.3. The minimum absolute atomic E-state index is 0.0785. The summed E-state index contributed by atoms with van der Waals surface area (Å²) in [7, 11) is 1.20. The molecule has 0 fully saturated rings. The van der Waals surface area contributed by atoms with Gasteiger partial charge in [0.05, 0.1) is 12.7 Å². The van der Waals surface area contributed by atoms with Crippen LogP contribution in [0.4, 0.5) is 9.59 Å². The van der Waals surface area contributed by atoms with Gasteiger partial charge in [0.2, 0.25) is 0 Å². The smallest absolute Gasteiger partial charge is 0.468 e. The number of ether oxygens (including phenoxy) is 6. The average molecular weight is 602 g/mol. The van der Waals surface area contributed by atoms with E-state index >= 15 is 0 Å². The first-order valence-corrected chi connectivity index (χ1v) is 14.4. The van der Waals surface area contributed by atoms with Crippen LogP contribution in [0, 0.1) is 0 Å². The van der Waals surface area contributed by atoms with Crippen LogP contribution in [0.2, 0.25) is 0 Å². The van der Waals surface area contributed by atoms with Gasteiger partial charge in [-0.3, -0.25) is 4.79 Å². The zero-order valence-corrected chi connectivity index (χ0v) is 25.8. The van der Waals surface area contributed by atoms with E-state index in [0.29, 0.717) is 24.0 Å². The number of esters is 2. The topological polar surface area (TPSA) is 150 Å². The summed E-state index contributed by atoms with van der Waals surface area (Å²) in [5.74, 6) is -1.53. The van der Waals surface area contributed by atoms with Gasteiger partial charge in [-0.2, -0.15) is 0 Å². The Hall–Kier alpha value is -4.12. The van der Waals surface area contributed by atoms with Gasteiger partial charge in [-0.05, 0) is 63.4 Å². The highest BCUT2D eigenvalue weighted by Crippen LogP contribution is 2.32. The molecule has 0 spiro atoms. The van der Waals surface area contributed by atoms with Gasteiger partial charge in [0.1, 0.15) is 23.9 Å². The van der Waals surface area contributed by atoms with Crippen LogP contribution in [-0.2, 0) is 30.2 Å². The Balaban J connectivity index is 2.30. The minimum atomic E-state index is -1.63. The van der Waals surface area contributed by atoms with Crippen LogP contribution in [0.1, 0.15) is 82.6 Å². The molecule has 2 aromatic carbocycles. The van der Waals surface area contributed by atoms with Crippen LogP contribution in [0.5, 0.6) is 11.5 Å². The number of hydrogen-bond donors (Lipinski definition) is 1. The van der Waals surface area contributed by atoms with E-state index in [2.05, 4.69) is 0 Å². The maximum absolute atomic E-state index is 12.9. The lowest BCUT2D eigenvalue weighted by Crippen LogP contribution is -2.53. The quantitative estimate of drug-likeness (QED) is 0.142. The maximum Gasteiger partial charge on any atom is 0.514 e. The molecule has 0 bridgehead atoms. The second-order valence-electron chi connectivity index (χ2n) is 10.5. The van der Waals surface area contributed by atoms with E-state index in [9.17, 15) is 19.2 Å². The Labute approximate surface area is 252 Å². The average Bonchev–Trinajstić information content (AvgIpc) is 2.94. The molecule has 11 heteroatoms. The van der Waals surface area contributed by atoms with Crippen molar-refractivity contribution in [2.24, 2.45) is 5.73 Å². The first-order valence-electron chi connectivity index (χ1n) is 14.4. The van der Waals surface area contributed by atoms with Crippen molar-refractivity contribution in [2.75, 3.05) is 7.11 Å². The lowest BCUT2D eigenvalue weighted by Gasteiger charge is -2.29. The van der Waals surface area contributed by atoms with Crippen molar-refractivity contribution in [3.63, 3.8) is 0 Å². The first-order chi connectivity index (χ1) is 20.4. The molecule has 2 N–H and O–H groups in total. The van der Waals surface area contributed by atoms with Crippen molar-refractivity contribution in [1.29, 1.82) is 0 Å². The fraction of sp³-hybridized carbons (Fsp3) is 0.500. The third kappa shape index (κ3) is 11.6. The van der Waals surface area contributed by atoms with Crippen LogP contribution < -0.4 is 15.2 Å². The maximum atomic E-state index is 12.9. The first kappa shape index (κ1) is 35.1. The van der Waals surface area contributed by atoms with E-state index < -0.39 is 42.0 Å². The molecule has 2 aromatic rings. The van der Waals surface area contributed by atoms with Crippen LogP contribution in [-0.4, -0.2) is 55.2 Å². The van der Waals surface area contributed by atoms with Crippen LogP contribution >= 0.6 is 0 Å². The number of benzene rings is 2. The lowest BCUT2D eigenvalue weighted by atomic mass is 9.86. The molecule has 0 aliphatic rings. The minimum Gasteiger partial charge on any atom is -0.468 e. The molecule has 0 heterocycles. The highest BCUT2D eigenvalue weighted by Gasteiger charge is 2.38. The molecule has 0 aliphatic carbocycles. The second-order valence-corrected chi connectivity index (χ2v) is 10.5. The Kier molecular flexibility index (Phi) is 14.0. The van der Waals surface area contributed by atoms with Crippen molar-refractivity contribution in [2.45, 2.75) is 97.0 Å². The molecule has 0 saturated carbocycles. The van der Waals surface area contributed by atoms with E-state index in [4.69, 9.17) is 34.2 Å². The van der Waals surface area contributed by atoms with Gasteiger partial charge in [0, 0.05) is 12.8 Å². The number of hydrogen-bond acceptors (Lipinski definition) is 11. The summed E-state index contributed by atoms with van der Waals surface area (Å²) in [4.78, 5) is 50.4. The van der Waals surface area contributed by atoms with Gasteiger partial charge in [0.15, 0.2) is 11.5 Å². The fourth-order valence-electron chi connectivity index (χ4n) is 4.49. The summed E-state index contributed by atoms with van der Waals surface area (Å²) in [6, 6.07) is 12.8. The largest absolute Gasteiger partial charge is 0.514 e. The fourth-order valence-corrected chi connectivity index (χ4v) is 4.49. The summed E-state index contributed by atoms with van der Waals surface area (Å²) in [5.41, 5.74) is 5.72. The number of methoxy groups -OCH3 is 1. The van der Waals surface area contributed by atoms with E-state index in [-0.39, 0.29) is 30.4 Å². The SMILES string of the molecule is CCCC(C)OC(=O)Oc1cc(C[C@](N)(CC(C)OC(=O)c2ccccc2)C(=O)OC)ccc1OC(=O)O[C@@H](C)CCC. The summed E-state index contributed by atoms with van der Waals surface area (Å²) in [6.45, 7) is 9.01. The van der Waals surface area contributed by atoms with Gasteiger partial charge in [-0.15, -0.1) is 0 Å². The van der Waals surface area contributed by atoms with Crippen molar-refractivity contribution in [3.8, 4) is 11.5 Å². The lowest BCUT2D eigenvalue weighted by molar-refractivity contribution is -0.148. The van der Waals surface area contributed by atoms with Gasteiger partial charge < -0.3 is 34.2 Å². The Morgan fingerprint density at radius 3 is 1.86 bits per heavy atom. The monoisotopic (exact) mass is 601 g/mol.